The molecule has 0 spiro atoms. The van der Waals surface area contributed by atoms with Gasteiger partial charge in [0.05, 0.1) is 18.9 Å². The lowest BCUT2D eigenvalue weighted by atomic mass is 9.96. The maximum atomic E-state index is 6.31. The van der Waals surface area contributed by atoms with E-state index in [1.54, 1.807) is 13.3 Å². The second-order valence-corrected chi connectivity index (χ2v) is 6.67. The molecule has 0 N–H and O–H groups in total. The van der Waals surface area contributed by atoms with Gasteiger partial charge in [-0.2, -0.15) is 5.10 Å². The van der Waals surface area contributed by atoms with Crippen LogP contribution in [0.3, 0.4) is 0 Å². The molecule has 5 heteroatoms. The van der Waals surface area contributed by atoms with Gasteiger partial charge in [-0.15, -0.1) is 0 Å². The average molecular weight is 357 g/mol. The number of pyridine rings is 1. The van der Waals surface area contributed by atoms with E-state index in [4.69, 9.17) is 14.6 Å². The molecule has 27 heavy (non-hydrogen) atoms. The number of methoxy groups -OCH3 is 1. The Labute approximate surface area is 157 Å². The molecule has 3 heterocycles. The highest BCUT2D eigenvalue weighted by molar-refractivity contribution is 6.02. The molecule has 2 aliphatic heterocycles. The number of ether oxygens (including phenoxy) is 2. The quantitative estimate of drug-likeness (QED) is 0.700. The molecule has 0 amide bonds. The van der Waals surface area contributed by atoms with Crippen molar-refractivity contribution in [3.8, 4) is 11.5 Å². The van der Waals surface area contributed by atoms with Crippen molar-refractivity contribution in [1.29, 1.82) is 0 Å². The van der Waals surface area contributed by atoms with Gasteiger partial charge in [0.1, 0.15) is 11.5 Å². The minimum absolute atomic E-state index is 0.150. The Bertz CT molecular complexity index is 986. The topological polar surface area (TPSA) is 47.0 Å². The normalized spacial score (nSPS) is 20.3. The zero-order valence-corrected chi connectivity index (χ0v) is 14.9. The second kappa shape index (κ2) is 6.43. The summed E-state index contributed by atoms with van der Waals surface area (Å²) in [6.45, 7) is 0. The van der Waals surface area contributed by atoms with Crippen molar-refractivity contribution in [1.82, 2.24) is 9.99 Å². The number of rotatable bonds is 3. The van der Waals surface area contributed by atoms with Crippen LogP contribution in [0.1, 0.15) is 35.4 Å². The molecule has 2 unspecified atom stereocenters. The van der Waals surface area contributed by atoms with Crippen LogP contribution in [-0.2, 0) is 0 Å². The first-order valence-electron chi connectivity index (χ1n) is 8.99. The highest BCUT2D eigenvalue weighted by Gasteiger charge is 2.40. The number of fused-ring (bicyclic) bond motifs is 3. The van der Waals surface area contributed by atoms with Crippen molar-refractivity contribution < 1.29 is 9.47 Å². The highest BCUT2D eigenvalue weighted by atomic mass is 16.5. The molecular weight excluding hydrogens is 338 g/mol. The molecule has 0 radical (unpaired) electrons. The molecule has 2 aromatic carbocycles. The number of aromatic nitrogens is 1. The molecule has 2 aliphatic rings. The third kappa shape index (κ3) is 2.72. The average Bonchev–Trinajstić information content (AvgIpc) is 3.19. The van der Waals surface area contributed by atoms with Crippen LogP contribution in [0.5, 0.6) is 11.5 Å². The molecule has 0 bridgehead atoms. The van der Waals surface area contributed by atoms with Crippen LogP contribution < -0.4 is 9.47 Å². The van der Waals surface area contributed by atoms with E-state index in [0.717, 1.165) is 34.8 Å². The minimum Gasteiger partial charge on any atom is -0.497 e. The van der Waals surface area contributed by atoms with Crippen LogP contribution in [0.4, 0.5) is 0 Å². The Morgan fingerprint density at radius 3 is 2.67 bits per heavy atom. The van der Waals surface area contributed by atoms with Crippen LogP contribution in [0, 0.1) is 0 Å². The fraction of sp³-hybridized carbons (Fsp3) is 0.182. The summed E-state index contributed by atoms with van der Waals surface area (Å²) in [7, 11) is 1.68. The van der Waals surface area contributed by atoms with Crippen LogP contribution in [0.15, 0.2) is 78.2 Å². The van der Waals surface area contributed by atoms with Crippen molar-refractivity contribution in [2.24, 2.45) is 5.10 Å². The van der Waals surface area contributed by atoms with Crippen LogP contribution in [0.2, 0.25) is 0 Å². The molecular formula is C22H19N3O2. The number of benzene rings is 2. The zero-order valence-electron chi connectivity index (χ0n) is 14.9. The Hall–Kier alpha value is -3.34. The Balaban J connectivity index is 1.56. The Morgan fingerprint density at radius 1 is 1.04 bits per heavy atom. The molecule has 5 nitrogen and oxygen atoms in total. The van der Waals surface area contributed by atoms with Gasteiger partial charge in [-0.3, -0.25) is 4.98 Å². The minimum atomic E-state index is -0.283. The first kappa shape index (κ1) is 15.9. The fourth-order valence-corrected chi connectivity index (χ4v) is 3.73. The standard InChI is InChI=1S/C22H19N3O2/c1-26-17-10-8-15(9-11-17)19-13-20-18-6-2-3-7-21(18)27-22(25(20)24-19)16-5-4-12-23-14-16/h2-12,14,20,22H,13H2,1H3. The second-order valence-electron chi connectivity index (χ2n) is 6.67. The van der Waals surface area contributed by atoms with Gasteiger partial charge in [0.2, 0.25) is 6.23 Å². The van der Waals surface area contributed by atoms with E-state index in [0.29, 0.717) is 0 Å². The summed E-state index contributed by atoms with van der Waals surface area (Å²) >= 11 is 0. The molecule has 0 fully saturated rings. The van der Waals surface area contributed by atoms with Gasteiger partial charge in [0, 0.05) is 29.9 Å². The smallest absolute Gasteiger partial charge is 0.215 e. The molecule has 0 saturated heterocycles. The summed E-state index contributed by atoms with van der Waals surface area (Å²) in [5.41, 5.74) is 4.33. The largest absolute Gasteiger partial charge is 0.497 e. The van der Waals surface area contributed by atoms with Crippen molar-refractivity contribution in [2.45, 2.75) is 18.7 Å². The van der Waals surface area contributed by atoms with Crippen LogP contribution in [0.25, 0.3) is 0 Å². The number of hydrogen-bond donors (Lipinski definition) is 0. The summed E-state index contributed by atoms with van der Waals surface area (Å²) in [5.74, 6) is 1.76. The predicted octanol–water partition coefficient (Wildman–Crippen LogP) is 4.33. The fourth-order valence-electron chi connectivity index (χ4n) is 3.73. The number of hydrogen-bond acceptors (Lipinski definition) is 5. The van der Waals surface area contributed by atoms with Crippen molar-refractivity contribution in [2.75, 3.05) is 7.11 Å². The zero-order chi connectivity index (χ0) is 18.2. The van der Waals surface area contributed by atoms with Gasteiger partial charge in [0.15, 0.2) is 0 Å². The van der Waals surface area contributed by atoms with Crippen molar-refractivity contribution in [3.63, 3.8) is 0 Å². The lowest BCUT2D eigenvalue weighted by molar-refractivity contribution is -0.0192. The van der Waals surface area contributed by atoms with E-state index >= 15 is 0 Å². The maximum absolute atomic E-state index is 6.31. The number of nitrogens with zero attached hydrogens (tertiary/aromatic N) is 3. The van der Waals surface area contributed by atoms with Crippen LogP contribution in [-0.4, -0.2) is 22.8 Å². The summed E-state index contributed by atoms with van der Waals surface area (Å²) in [4.78, 5) is 4.26. The molecule has 2 atom stereocenters. The van der Waals surface area contributed by atoms with Gasteiger partial charge in [-0.05, 0) is 42.0 Å². The lowest BCUT2D eigenvalue weighted by Crippen LogP contribution is -2.33. The molecule has 3 aromatic rings. The molecule has 5 rings (SSSR count). The van der Waals surface area contributed by atoms with Gasteiger partial charge in [-0.1, -0.05) is 24.3 Å². The third-order valence-corrected chi connectivity index (χ3v) is 5.09. The lowest BCUT2D eigenvalue weighted by Gasteiger charge is -2.38. The molecule has 134 valence electrons. The highest BCUT2D eigenvalue weighted by Crippen LogP contribution is 2.47. The van der Waals surface area contributed by atoms with E-state index in [2.05, 4.69) is 34.3 Å². The van der Waals surface area contributed by atoms with E-state index in [-0.39, 0.29) is 12.3 Å². The first-order valence-corrected chi connectivity index (χ1v) is 8.99. The predicted molar refractivity (Wildman–Crippen MR) is 103 cm³/mol. The van der Waals surface area contributed by atoms with Crippen LogP contribution >= 0.6 is 0 Å². The Kier molecular flexibility index (Phi) is 3.78. The van der Waals surface area contributed by atoms with Gasteiger partial charge in [-0.25, -0.2) is 5.01 Å². The molecule has 0 saturated carbocycles. The van der Waals surface area contributed by atoms with Crippen molar-refractivity contribution >= 4 is 5.71 Å². The van der Waals surface area contributed by atoms with E-state index in [9.17, 15) is 0 Å². The first-order chi connectivity index (χ1) is 13.3. The van der Waals surface area contributed by atoms with E-state index in [1.807, 2.05) is 42.6 Å². The van der Waals surface area contributed by atoms with Crippen molar-refractivity contribution in [3.05, 3.63) is 89.7 Å². The maximum Gasteiger partial charge on any atom is 0.215 e. The third-order valence-electron chi connectivity index (χ3n) is 5.09. The van der Waals surface area contributed by atoms with E-state index < -0.39 is 0 Å². The Morgan fingerprint density at radius 2 is 1.89 bits per heavy atom. The van der Waals surface area contributed by atoms with Gasteiger partial charge >= 0.3 is 0 Å². The number of para-hydroxylation sites is 1. The summed E-state index contributed by atoms with van der Waals surface area (Å²) in [6.07, 6.45) is 4.17. The number of hydrazone groups is 1. The summed E-state index contributed by atoms with van der Waals surface area (Å²) in [6, 6.07) is 20.4. The summed E-state index contributed by atoms with van der Waals surface area (Å²) < 4.78 is 11.6. The monoisotopic (exact) mass is 357 g/mol. The molecule has 1 aromatic heterocycles. The van der Waals surface area contributed by atoms with E-state index in [1.165, 1.54) is 5.56 Å². The molecule has 0 aliphatic carbocycles. The SMILES string of the molecule is COc1ccc(C2=NN3C(C2)c2ccccc2OC3c2cccnc2)cc1. The summed E-state index contributed by atoms with van der Waals surface area (Å²) in [5, 5.41) is 7.02. The van der Waals surface area contributed by atoms with Gasteiger partial charge < -0.3 is 9.47 Å². The van der Waals surface area contributed by atoms with Gasteiger partial charge in [0.25, 0.3) is 0 Å².